The van der Waals surface area contributed by atoms with Crippen molar-refractivity contribution in [3.63, 3.8) is 0 Å². The smallest absolute Gasteiger partial charge is 0.253 e. The largest absolute Gasteiger partial charge is 0.339 e. The third-order valence-electron chi connectivity index (χ3n) is 5.43. The summed E-state index contributed by atoms with van der Waals surface area (Å²) in [5.74, 6) is 0.822. The van der Waals surface area contributed by atoms with Crippen LogP contribution in [-0.4, -0.2) is 73.0 Å². The fourth-order valence-corrected chi connectivity index (χ4v) is 4.09. The van der Waals surface area contributed by atoms with Crippen LogP contribution >= 0.6 is 11.6 Å². The summed E-state index contributed by atoms with van der Waals surface area (Å²) in [5.41, 5.74) is 0.702. The zero-order valence-corrected chi connectivity index (χ0v) is 15.5. The van der Waals surface area contributed by atoms with Crippen molar-refractivity contribution in [1.82, 2.24) is 14.7 Å². The van der Waals surface area contributed by atoms with Crippen molar-refractivity contribution in [3.05, 3.63) is 34.9 Å². The van der Waals surface area contributed by atoms with E-state index in [2.05, 4.69) is 23.8 Å². The Hall–Kier alpha value is -1.10. The van der Waals surface area contributed by atoms with E-state index in [0.29, 0.717) is 22.5 Å². The Bertz CT molecular complexity index is 571. The van der Waals surface area contributed by atoms with Crippen LogP contribution in [0.5, 0.6) is 0 Å². The Morgan fingerprint density at radius 3 is 2.62 bits per heavy atom. The van der Waals surface area contributed by atoms with Gasteiger partial charge in [-0.1, -0.05) is 17.7 Å². The molecule has 2 aliphatic rings. The molecule has 0 aromatic heterocycles. The molecule has 0 saturated carbocycles. The van der Waals surface area contributed by atoms with Gasteiger partial charge in [0, 0.05) is 55.9 Å². The van der Waals surface area contributed by atoms with Gasteiger partial charge < -0.3 is 9.80 Å². The van der Waals surface area contributed by atoms with Crippen molar-refractivity contribution < 1.29 is 4.79 Å². The summed E-state index contributed by atoms with van der Waals surface area (Å²) in [6.07, 6.45) is 2.21. The molecule has 0 spiro atoms. The van der Waals surface area contributed by atoms with E-state index < -0.39 is 0 Å². The summed E-state index contributed by atoms with van der Waals surface area (Å²) in [7, 11) is 2.20. The standard InChI is InChI=1S/C19H28ClN3O/c1-15-13-21(2)10-11-23(15)14-16-6-8-22(9-7-16)19(24)17-4-3-5-18(20)12-17/h3-5,12,15-16H,6-11,13-14H2,1-2H3. The summed E-state index contributed by atoms with van der Waals surface area (Å²) in [6, 6.07) is 7.90. The van der Waals surface area contributed by atoms with Gasteiger partial charge >= 0.3 is 0 Å². The van der Waals surface area contributed by atoms with E-state index in [1.54, 1.807) is 6.07 Å². The molecule has 5 heteroatoms. The third kappa shape index (κ3) is 4.29. The third-order valence-corrected chi connectivity index (χ3v) is 5.67. The lowest BCUT2D eigenvalue weighted by Crippen LogP contribution is -2.52. The molecule has 0 N–H and O–H groups in total. The van der Waals surface area contributed by atoms with E-state index in [-0.39, 0.29) is 5.91 Å². The molecule has 2 fully saturated rings. The predicted octanol–water partition coefficient (Wildman–Crippen LogP) is 2.83. The average molecular weight is 350 g/mol. The quantitative estimate of drug-likeness (QED) is 0.839. The SMILES string of the molecule is CC1CN(C)CCN1CC1CCN(C(=O)c2cccc(Cl)c2)CC1. The van der Waals surface area contributed by atoms with Crippen molar-refractivity contribution in [2.75, 3.05) is 46.3 Å². The minimum absolute atomic E-state index is 0.115. The molecule has 4 nitrogen and oxygen atoms in total. The van der Waals surface area contributed by atoms with Gasteiger partial charge in [-0.05, 0) is 50.9 Å². The van der Waals surface area contributed by atoms with Crippen molar-refractivity contribution in [2.45, 2.75) is 25.8 Å². The molecular weight excluding hydrogens is 322 g/mol. The normalized spacial score (nSPS) is 24.3. The van der Waals surface area contributed by atoms with Gasteiger partial charge in [0.2, 0.25) is 0 Å². The molecule has 2 saturated heterocycles. The Morgan fingerprint density at radius 2 is 1.96 bits per heavy atom. The number of halogens is 1. The Kier molecular flexibility index (Phi) is 5.80. The Balaban J connectivity index is 1.50. The average Bonchev–Trinajstić information content (AvgIpc) is 2.57. The maximum atomic E-state index is 12.6. The van der Waals surface area contributed by atoms with Gasteiger partial charge in [-0.25, -0.2) is 0 Å². The molecule has 1 atom stereocenters. The molecule has 2 aliphatic heterocycles. The lowest BCUT2D eigenvalue weighted by atomic mass is 9.94. The number of likely N-dealkylation sites (N-methyl/N-ethyl adjacent to an activating group) is 1. The summed E-state index contributed by atoms with van der Waals surface area (Å²) in [6.45, 7) is 8.71. The van der Waals surface area contributed by atoms with Gasteiger partial charge in [0.05, 0.1) is 0 Å². The Morgan fingerprint density at radius 1 is 1.21 bits per heavy atom. The van der Waals surface area contributed by atoms with Gasteiger partial charge in [-0.3, -0.25) is 9.69 Å². The first-order valence-electron chi connectivity index (χ1n) is 9.00. The highest BCUT2D eigenvalue weighted by atomic mass is 35.5. The van der Waals surface area contributed by atoms with Crippen LogP contribution < -0.4 is 0 Å². The first-order valence-corrected chi connectivity index (χ1v) is 9.38. The van der Waals surface area contributed by atoms with Gasteiger partial charge in [0.1, 0.15) is 0 Å². The minimum atomic E-state index is 0.115. The van der Waals surface area contributed by atoms with Crippen molar-refractivity contribution in [1.29, 1.82) is 0 Å². The number of carbonyl (C=O) groups excluding carboxylic acids is 1. The van der Waals surface area contributed by atoms with Crippen LogP contribution in [0.2, 0.25) is 5.02 Å². The zero-order chi connectivity index (χ0) is 17.1. The number of benzene rings is 1. The summed E-state index contributed by atoms with van der Waals surface area (Å²) >= 11 is 6.00. The number of hydrogen-bond acceptors (Lipinski definition) is 3. The van der Waals surface area contributed by atoms with E-state index in [1.165, 1.54) is 13.1 Å². The van der Waals surface area contributed by atoms with E-state index >= 15 is 0 Å². The fraction of sp³-hybridized carbons (Fsp3) is 0.632. The maximum absolute atomic E-state index is 12.6. The molecule has 0 bridgehead atoms. The molecule has 2 heterocycles. The number of rotatable bonds is 3. The molecule has 3 rings (SSSR count). The predicted molar refractivity (Wildman–Crippen MR) is 98.6 cm³/mol. The van der Waals surface area contributed by atoms with Crippen LogP contribution in [0, 0.1) is 5.92 Å². The van der Waals surface area contributed by atoms with Gasteiger partial charge in [0.15, 0.2) is 0 Å². The molecule has 1 unspecified atom stereocenters. The van der Waals surface area contributed by atoms with Crippen LogP contribution in [0.15, 0.2) is 24.3 Å². The second-order valence-corrected chi connectivity index (χ2v) is 7.79. The number of nitrogens with zero attached hydrogens (tertiary/aromatic N) is 3. The highest BCUT2D eigenvalue weighted by Crippen LogP contribution is 2.22. The molecule has 132 valence electrons. The Labute approximate surface area is 150 Å². The molecule has 24 heavy (non-hydrogen) atoms. The van der Waals surface area contributed by atoms with Crippen LogP contribution in [0.4, 0.5) is 0 Å². The highest BCUT2D eigenvalue weighted by Gasteiger charge is 2.28. The monoisotopic (exact) mass is 349 g/mol. The number of piperazine rings is 1. The van der Waals surface area contributed by atoms with Crippen LogP contribution in [0.1, 0.15) is 30.1 Å². The first kappa shape index (κ1) is 17.7. The summed E-state index contributed by atoms with van der Waals surface area (Å²) in [5, 5.41) is 0.625. The molecule has 1 amide bonds. The zero-order valence-electron chi connectivity index (χ0n) is 14.7. The first-order chi connectivity index (χ1) is 11.5. The van der Waals surface area contributed by atoms with E-state index in [4.69, 9.17) is 11.6 Å². The second kappa shape index (κ2) is 7.85. The lowest BCUT2D eigenvalue weighted by molar-refractivity contribution is 0.0556. The van der Waals surface area contributed by atoms with Crippen LogP contribution in [0.3, 0.4) is 0 Å². The van der Waals surface area contributed by atoms with Crippen molar-refractivity contribution in [3.8, 4) is 0 Å². The minimum Gasteiger partial charge on any atom is -0.339 e. The van der Waals surface area contributed by atoms with E-state index in [1.807, 2.05) is 23.1 Å². The molecular formula is C19H28ClN3O. The topological polar surface area (TPSA) is 26.8 Å². The van der Waals surface area contributed by atoms with Crippen molar-refractivity contribution in [2.24, 2.45) is 5.92 Å². The second-order valence-electron chi connectivity index (χ2n) is 7.35. The summed E-state index contributed by atoms with van der Waals surface area (Å²) in [4.78, 5) is 19.6. The van der Waals surface area contributed by atoms with Crippen LogP contribution in [-0.2, 0) is 0 Å². The highest BCUT2D eigenvalue weighted by molar-refractivity contribution is 6.30. The van der Waals surface area contributed by atoms with Gasteiger partial charge in [-0.2, -0.15) is 0 Å². The maximum Gasteiger partial charge on any atom is 0.253 e. The van der Waals surface area contributed by atoms with Gasteiger partial charge in [-0.15, -0.1) is 0 Å². The molecule has 0 aliphatic carbocycles. The fourth-order valence-electron chi connectivity index (χ4n) is 3.90. The van der Waals surface area contributed by atoms with E-state index in [0.717, 1.165) is 39.0 Å². The number of amides is 1. The number of carbonyl (C=O) groups is 1. The van der Waals surface area contributed by atoms with E-state index in [9.17, 15) is 4.79 Å². The number of likely N-dealkylation sites (tertiary alicyclic amines) is 1. The molecule has 1 aromatic carbocycles. The number of piperidine rings is 1. The van der Waals surface area contributed by atoms with Gasteiger partial charge in [0.25, 0.3) is 5.91 Å². The van der Waals surface area contributed by atoms with Crippen LogP contribution in [0.25, 0.3) is 0 Å². The number of hydrogen-bond donors (Lipinski definition) is 0. The molecule has 0 radical (unpaired) electrons. The summed E-state index contributed by atoms with van der Waals surface area (Å²) < 4.78 is 0. The van der Waals surface area contributed by atoms with Crippen molar-refractivity contribution >= 4 is 17.5 Å². The molecule has 1 aromatic rings. The lowest BCUT2D eigenvalue weighted by Gasteiger charge is -2.41.